The molecule has 0 aromatic heterocycles. The van der Waals surface area contributed by atoms with E-state index in [2.05, 4.69) is 0 Å². The fourth-order valence-corrected chi connectivity index (χ4v) is 3.13. The number of ketones is 1. The lowest BCUT2D eigenvalue weighted by Gasteiger charge is -2.14. The molecule has 0 amide bonds. The van der Waals surface area contributed by atoms with Gasteiger partial charge in [0.25, 0.3) is 0 Å². The topological polar surface area (TPSA) is 91.7 Å². The van der Waals surface area contributed by atoms with Gasteiger partial charge in [0.05, 0.1) is 11.5 Å². The maximum Gasteiger partial charge on any atom is 0.332 e. The molecule has 1 unspecified atom stereocenters. The van der Waals surface area contributed by atoms with Gasteiger partial charge in [-0.2, -0.15) is 0 Å². The van der Waals surface area contributed by atoms with E-state index in [0.29, 0.717) is 16.5 Å². The summed E-state index contributed by atoms with van der Waals surface area (Å²) in [4.78, 5) is 36.4. The molecule has 0 spiro atoms. The van der Waals surface area contributed by atoms with Gasteiger partial charge < -0.3 is 10.2 Å². The molecular weight excluding hydrogens is 356 g/mol. The molecule has 0 radical (unpaired) electrons. The Kier molecular flexibility index (Phi) is 5.65. The molecule has 28 heavy (non-hydrogen) atoms. The maximum absolute atomic E-state index is 12.9. The standard InChI is InChI=1S/C23H18O5/c24-21(18-12-6-10-16-9-4-5-11-17(16)18)14-20(23(27)28)19(22(25)26)13-15-7-2-1-3-8-15/h1-13,20H,14H2,(H,25,26)(H,27,28). The molecular formula is C23H18O5. The molecule has 140 valence electrons. The summed E-state index contributed by atoms with van der Waals surface area (Å²) >= 11 is 0. The Hall–Kier alpha value is -3.73. The third kappa shape index (κ3) is 4.15. The zero-order valence-corrected chi connectivity index (χ0v) is 14.9. The molecule has 1 atom stereocenters. The average Bonchev–Trinajstić information content (AvgIpc) is 2.70. The quantitative estimate of drug-likeness (QED) is 0.476. The number of carboxylic acid groups (broad SMARTS) is 2. The Morgan fingerprint density at radius 2 is 1.46 bits per heavy atom. The summed E-state index contributed by atoms with van der Waals surface area (Å²) in [7, 11) is 0. The van der Waals surface area contributed by atoms with Crippen LogP contribution in [0.4, 0.5) is 0 Å². The van der Waals surface area contributed by atoms with Crippen molar-refractivity contribution in [1.82, 2.24) is 0 Å². The van der Waals surface area contributed by atoms with Gasteiger partial charge in [-0.1, -0.05) is 72.8 Å². The molecule has 0 aliphatic rings. The van der Waals surface area contributed by atoms with E-state index in [9.17, 15) is 24.6 Å². The molecule has 0 saturated heterocycles. The zero-order chi connectivity index (χ0) is 20.1. The van der Waals surface area contributed by atoms with Crippen LogP contribution in [0.2, 0.25) is 0 Å². The molecule has 0 heterocycles. The number of hydrogen-bond donors (Lipinski definition) is 2. The van der Waals surface area contributed by atoms with E-state index >= 15 is 0 Å². The Morgan fingerprint density at radius 3 is 2.14 bits per heavy atom. The molecule has 0 fully saturated rings. The monoisotopic (exact) mass is 374 g/mol. The molecule has 0 aliphatic heterocycles. The fraction of sp³-hybridized carbons (Fsp3) is 0.0870. The highest BCUT2D eigenvalue weighted by molar-refractivity contribution is 6.10. The van der Waals surface area contributed by atoms with E-state index in [1.165, 1.54) is 6.08 Å². The highest BCUT2D eigenvalue weighted by atomic mass is 16.4. The molecule has 0 saturated carbocycles. The van der Waals surface area contributed by atoms with Crippen LogP contribution in [-0.4, -0.2) is 27.9 Å². The number of aliphatic carboxylic acids is 2. The first-order chi connectivity index (χ1) is 13.5. The summed E-state index contributed by atoms with van der Waals surface area (Å²) in [5.41, 5.74) is 0.616. The summed E-state index contributed by atoms with van der Waals surface area (Å²) in [6, 6.07) is 21.1. The first kappa shape index (κ1) is 19.0. The van der Waals surface area contributed by atoms with Crippen LogP contribution in [0.3, 0.4) is 0 Å². The fourth-order valence-electron chi connectivity index (χ4n) is 3.13. The van der Waals surface area contributed by atoms with Crippen molar-refractivity contribution in [2.24, 2.45) is 5.92 Å². The summed E-state index contributed by atoms with van der Waals surface area (Å²) in [6.45, 7) is 0. The van der Waals surface area contributed by atoms with Crippen molar-refractivity contribution >= 4 is 34.6 Å². The molecule has 2 N–H and O–H groups in total. The van der Waals surface area contributed by atoms with Gasteiger partial charge in [-0.15, -0.1) is 0 Å². The van der Waals surface area contributed by atoms with Crippen molar-refractivity contribution in [3.05, 3.63) is 89.5 Å². The zero-order valence-electron chi connectivity index (χ0n) is 14.9. The first-order valence-corrected chi connectivity index (χ1v) is 8.71. The van der Waals surface area contributed by atoms with Crippen LogP contribution >= 0.6 is 0 Å². The van der Waals surface area contributed by atoms with E-state index < -0.39 is 30.1 Å². The molecule has 3 aromatic carbocycles. The third-order valence-corrected chi connectivity index (χ3v) is 4.52. The van der Waals surface area contributed by atoms with Crippen LogP contribution in [-0.2, 0) is 9.59 Å². The normalized spacial score (nSPS) is 12.5. The van der Waals surface area contributed by atoms with Crippen LogP contribution in [0.25, 0.3) is 16.8 Å². The molecule has 3 rings (SSSR count). The van der Waals surface area contributed by atoms with Gasteiger partial charge in [0.1, 0.15) is 0 Å². The lowest BCUT2D eigenvalue weighted by molar-refractivity contribution is -0.143. The van der Waals surface area contributed by atoms with E-state index in [4.69, 9.17) is 0 Å². The van der Waals surface area contributed by atoms with Crippen molar-refractivity contribution in [3.8, 4) is 0 Å². The van der Waals surface area contributed by atoms with Crippen molar-refractivity contribution in [1.29, 1.82) is 0 Å². The van der Waals surface area contributed by atoms with Crippen molar-refractivity contribution in [2.75, 3.05) is 0 Å². The largest absolute Gasteiger partial charge is 0.481 e. The van der Waals surface area contributed by atoms with Crippen LogP contribution in [0.5, 0.6) is 0 Å². The van der Waals surface area contributed by atoms with Gasteiger partial charge in [-0.05, 0) is 22.4 Å². The number of benzene rings is 3. The number of carboxylic acids is 2. The highest BCUT2D eigenvalue weighted by Gasteiger charge is 2.30. The molecule has 0 bridgehead atoms. The lowest BCUT2D eigenvalue weighted by atomic mass is 9.88. The second-order valence-corrected chi connectivity index (χ2v) is 6.36. The maximum atomic E-state index is 12.9. The number of fused-ring (bicyclic) bond motifs is 1. The highest BCUT2D eigenvalue weighted by Crippen LogP contribution is 2.25. The average molecular weight is 374 g/mol. The van der Waals surface area contributed by atoms with Gasteiger partial charge in [0, 0.05) is 12.0 Å². The lowest BCUT2D eigenvalue weighted by Crippen LogP contribution is -2.24. The third-order valence-electron chi connectivity index (χ3n) is 4.52. The van der Waals surface area contributed by atoms with Crippen molar-refractivity contribution in [3.63, 3.8) is 0 Å². The SMILES string of the molecule is O=C(O)C(=Cc1ccccc1)C(CC(=O)c1cccc2ccccc12)C(=O)O. The van der Waals surface area contributed by atoms with Gasteiger partial charge in [-0.3, -0.25) is 9.59 Å². The Bertz CT molecular complexity index is 1060. The predicted molar refractivity (Wildman–Crippen MR) is 106 cm³/mol. The van der Waals surface area contributed by atoms with E-state index in [0.717, 1.165) is 5.39 Å². The molecule has 5 nitrogen and oxygen atoms in total. The Morgan fingerprint density at radius 1 is 0.821 bits per heavy atom. The van der Waals surface area contributed by atoms with Crippen LogP contribution in [0, 0.1) is 5.92 Å². The minimum atomic E-state index is -1.45. The number of Topliss-reactive ketones (excluding diaryl/α,β-unsaturated/α-hetero) is 1. The number of rotatable bonds is 7. The van der Waals surface area contributed by atoms with E-state index in [-0.39, 0.29) is 5.57 Å². The second kappa shape index (κ2) is 8.31. The summed E-state index contributed by atoms with van der Waals surface area (Å²) in [5.74, 6) is -4.58. The van der Waals surface area contributed by atoms with Gasteiger partial charge in [0.2, 0.25) is 0 Å². The Balaban J connectivity index is 1.98. The van der Waals surface area contributed by atoms with E-state index in [1.54, 1.807) is 54.6 Å². The Labute approximate surface area is 161 Å². The minimum absolute atomic E-state index is 0.327. The summed E-state index contributed by atoms with van der Waals surface area (Å²) in [6.07, 6.45) is 0.867. The predicted octanol–water partition coefficient (Wildman–Crippen LogP) is 4.28. The van der Waals surface area contributed by atoms with Gasteiger partial charge >= 0.3 is 11.9 Å². The second-order valence-electron chi connectivity index (χ2n) is 6.36. The van der Waals surface area contributed by atoms with Crippen LogP contribution in [0.15, 0.2) is 78.4 Å². The minimum Gasteiger partial charge on any atom is -0.481 e. The molecule has 0 aliphatic carbocycles. The number of carbonyl (C=O) groups excluding carboxylic acids is 1. The summed E-state index contributed by atoms with van der Waals surface area (Å²) < 4.78 is 0. The van der Waals surface area contributed by atoms with Gasteiger partial charge in [-0.25, -0.2) is 4.79 Å². The smallest absolute Gasteiger partial charge is 0.332 e. The molecule has 5 heteroatoms. The summed E-state index contributed by atoms with van der Waals surface area (Å²) in [5, 5.41) is 20.8. The first-order valence-electron chi connectivity index (χ1n) is 8.71. The van der Waals surface area contributed by atoms with Crippen LogP contribution < -0.4 is 0 Å². The van der Waals surface area contributed by atoms with Gasteiger partial charge in [0.15, 0.2) is 5.78 Å². The van der Waals surface area contributed by atoms with Crippen molar-refractivity contribution < 1.29 is 24.6 Å². The van der Waals surface area contributed by atoms with Crippen molar-refractivity contribution in [2.45, 2.75) is 6.42 Å². The number of hydrogen-bond acceptors (Lipinski definition) is 3. The van der Waals surface area contributed by atoms with Crippen LogP contribution in [0.1, 0.15) is 22.3 Å². The number of carbonyl (C=O) groups is 3. The van der Waals surface area contributed by atoms with E-state index in [1.807, 2.05) is 18.2 Å². The molecule has 3 aromatic rings.